The molecular weight excluding hydrogens is 309 g/mol. The van der Waals surface area contributed by atoms with Crippen LogP contribution < -0.4 is 4.74 Å². The minimum absolute atomic E-state index is 0.0720. The first-order valence-electron chi connectivity index (χ1n) is 6.82. The Bertz CT molecular complexity index is 658. The van der Waals surface area contributed by atoms with Gasteiger partial charge in [-0.2, -0.15) is 0 Å². The molecule has 0 fully saturated rings. The summed E-state index contributed by atoms with van der Waals surface area (Å²) in [6, 6.07) is 5.50. The van der Waals surface area contributed by atoms with Crippen LogP contribution in [-0.4, -0.2) is 23.3 Å². The minimum Gasteiger partial charge on any atom is -0.497 e. The average Bonchev–Trinajstić information content (AvgIpc) is 2.49. The largest absolute Gasteiger partial charge is 0.497 e. The second-order valence-electron chi connectivity index (χ2n) is 4.91. The molecule has 1 unspecified atom stereocenters. The van der Waals surface area contributed by atoms with Crippen LogP contribution in [0.1, 0.15) is 25.3 Å². The molecule has 112 valence electrons. The highest BCUT2D eigenvalue weighted by Gasteiger charge is 2.14. The Kier molecular flexibility index (Phi) is 5.43. The maximum atomic E-state index is 12.0. The predicted octanol–water partition coefficient (Wildman–Crippen LogP) is 4.42. The van der Waals surface area contributed by atoms with Crippen molar-refractivity contribution in [2.45, 2.75) is 31.6 Å². The third kappa shape index (κ3) is 3.86. The Balaban J connectivity index is 2.28. The summed E-state index contributed by atoms with van der Waals surface area (Å²) in [7, 11) is 1.60. The van der Waals surface area contributed by atoms with E-state index < -0.39 is 0 Å². The molecule has 1 aromatic carbocycles. The summed E-state index contributed by atoms with van der Waals surface area (Å²) in [5.74, 6) is 0.782. The van der Waals surface area contributed by atoms with Gasteiger partial charge in [-0.25, -0.2) is 0 Å². The molecule has 0 saturated carbocycles. The van der Waals surface area contributed by atoms with E-state index in [9.17, 15) is 4.79 Å². The molecule has 0 saturated heterocycles. The zero-order chi connectivity index (χ0) is 15.4. The third-order valence-corrected chi connectivity index (χ3v) is 4.27. The number of rotatable bonds is 6. The number of hydrogen-bond donors (Lipinski definition) is 0. The Labute approximate surface area is 134 Å². The first-order valence-corrected chi connectivity index (χ1v) is 7.63. The van der Waals surface area contributed by atoms with Gasteiger partial charge in [-0.3, -0.25) is 9.78 Å². The van der Waals surface area contributed by atoms with Crippen LogP contribution in [0.2, 0.25) is 5.02 Å². The molecule has 0 spiro atoms. The second-order valence-corrected chi connectivity index (χ2v) is 5.90. The Morgan fingerprint density at radius 1 is 1.43 bits per heavy atom. The van der Waals surface area contributed by atoms with Crippen molar-refractivity contribution in [1.82, 2.24) is 4.98 Å². The maximum absolute atomic E-state index is 12.0. The SMILES string of the molecule is CCC(Cl)CC(=O)Cc1cnc2ccc(OC)cc2c1Cl. The molecule has 21 heavy (non-hydrogen) atoms. The molecule has 3 nitrogen and oxygen atoms in total. The summed E-state index contributed by atoms with van der Waals surface area (Å²) in [6.45, 7) is 1.96. The zero-order valence-corrected chi connectivity index (χ0v) is 13.5. The van der Waals surface area contributed by atoms with Crippen LogP contribution >= 0.6 is 23.2 Å². The number of ketones is 1. The van der Waals surface area contributed by atoms with Gasteiger partial charge in [-0.05, 0) is 30.2 Å². The summed E-state index contributed by atoms with van der Waals surface area (Å²) in [6.07, 6.45) is 3.03. The fourth-order valence-corrected chi connectivity index (χ4v) is 2.55. The van der Waals surface area contributed by atoms with Gasteiger partial charge in [0, 0.05) is 29.8 Å². The molecule has 0 aliphatic carbocycles. The second kappa shape index (κ2) is 7.10. The number of ether oxygens (including phenoxy) is 1. The summed E-state index contributed by atoms with van der Waals surface area (Å²) in [4.78, 5) is 16.3. The van der Waals surface area contributed by atoms with Crippen molar-refractivity contribution in [3.63, 3.8) is 0 Å². The topological polar surface area (TPSA) is 39.2 Å². The number of carbonyl (C=O) groups excluding carboxylic acids is 1. The smallest absolute Gasteiger partial charge is 0.138 e. The summed E-state index contributed by atoms with van der Waals surface area (Å²) < 4.78 is 5.19. The molecule has 1 atom stereocenters. The van der Waals surface area contributed by atoms with E-state index in [2.05, 4.69) is 4.98 Å². The van der Waals surface area contributed by atoms with E-state index in [1.807, 2.05) is 25.1 Å². The molecule has 0 aliphatic rings. The van der Waals surface area contributed by atoms with Crippen LogP contribution in [0.4, 0.5) is 0 Å². The van der Waals surface area contributed by atoms with Gasteiger partial charge in [0.2, 0.25) is 0 Å². The monoisotopic (exact) mass is 325 g/mol. The van der Waals surface area contributed by atoms with Crippen molar-refractivity contribution in [1.29, 1.82) is 0 Å². The van der Waals surface area contributed by atoms with Crippen LogP contribution in [0.5, 0.6) is 5.75 Å². The van der Waals surface area contributed by atoms with Gasteiger partial charge >= 0.3 is 0 Å². The summed E-state index contributed by atoms with van der Waals surface area (Å²) >= 11 is 12.4. The van der Waals surface area contributed by atoms with Crippen LogP contribution in [0.15, 0.2) is 24.4 Å². The Morgan fingerprint density at radius 2 is 2.19 bits per heavy atom. The van der Waals surface area contributed by atoms with Crippen LogP contribution in [0.25, 0.3) is 10.9 Å². The highest BCUT2D eigenvalue weighted by molar-refractivity contribution is 6.36. The van der Waals surface area contributed by atoms with Gasteiger partial charge in [0.1, 0.15) is 11.5 Å². The quantitative estimate of drug-likeness (QED) is 0.738. The van der Waals surface area contributed by atoms with Crippen molar-refractivity contribution >= 4 is 39.9 Å². The van der Waals surface area contributed by atoms with Crippen molar-refractivity contribution in [2.24, 2.45) is 0 Å². The van der Waals surface area contributed by atoms with E-state index in [1.54, 1.807) is 13.3 Å². The van der Waals surface area contributed by atoms with E-state index in [1.165, 1.54) is 0 Å². The molecule has 0 aliphatic heterocycles. The normalized spacial score (nSPS) is 12.4. The van der Waals surface area contributed by atoms with Gasteiger partial charge < -0.3 is 4.74 Å². The van der Waals surface area contributed by atoms with Crippen LogP contribution in [0.3, 0.4) is 0 Å². The van der Waals surface area contributed by atoms with Gasteiger partial charge in [0.05, 0.1) is 17.6 Å². The number of nitrogens with zero attached hydrogens (tertiary/aromatic N) is 1. The van der Waals surface area contributed by atoms with Crippen molar-refractivity contribution in [3.8, 4) is 5.75 Å². The van der Waals surface area contributed by atoms with Gasteiger partial charge in [0.15, 0.2) is 0 Å². The number of pyridine rings is 1. The molecule has 1 aromatic heterocycles. The molecule has 0 bridgehead atoms. The predicted molar refractivity (Wildman–Crippen MR) is 86.6 cm³/mol. The number of carbonyl (C=O) groups is 1. The lowest BCUT2D eigenvalue weighted by atomic mass is 10.0. The van der Waals surface area contributed by atoms with Crippen molar-refractivity contribution < 1.29 is 9.53 Å². The first-order chi connectivity index (χ1) is 10.0. The number of aromatic nitrogens is 1. The number of halogens is 2. The first kappa shape index (κ1) is 16.1. The fourth-order valence-electron chi connectivity index (χ4n) is 2.11. The summed E-state index contributed by atoms with van der Waals surface area (Å²) in [5, 5.41) is 1.22. The molecule has 0 N–H and O–H groups in total. The Hall–Kier alpha value is -1.32. The van der Waals surface area contributed by atoms with E-state index in [0.29, 0.717) is 17.2 Å². The number of hydrogen-bond acceptors (Lipinski definition) is 3. The number of Topliss-reactive ketones (excluding diaryl/α,β-unsaturated/α-hetero) is 1. The van der Waals surface area contributed by atoms with Gasteiger partial charge in [-0.15, -0.1) is 11.6 Å². The van der Waals surface area contributed by atoms with E-state index in [4.69, 9.17) is 27.9 Å². The molecular formula is C16H17Cl2NO2. The van der Waals surface area contributed by atoms with Gasteiger partial charge in [0.25, 0.3) is 0 Å². The number of alkyl halides is 1. The zero-order valence-electron chi connectivity index (χ0n) is 12.0. The third-order valence-electron chi connectivity index (χ3n) is 3.36. The highest BCUT2D eigenvalue weighted by atomic mass is 35.5. The maximum Gasteiger partial charge on any atom is 0.138 e. The molecule has 5 heteroatoms. The summed E-state index contributed by atoms with van der Waals surface area (Å²) in [5.41, 5.74) is 1.50. The molecule has 1 heterocycles. The number of fused-ring (bicyclic) bond motifs is 1. The van der Waals surface area contributed by atoms with Crippen molar-refractivity contribution in [2.75, 3.05) is 7.11 Å². The molecule has 2 aromatic rings. The minimum atomic E-state index is -0.121. The lowest BCUT2D eigenvalue weighted by molar-refractivity contribution is -0.118. The lowest BCUT2D eigenvalue weighted by Crippen LogP contribution is -2.10. The average molecular weight is 326 g/mol. The van der Waals surface area contributed by atoms with E-state index in [-0.39, 0.29) is 17.6 Å². The number of benzene rings is 1. The lowest BCUT2D eigenvalue weighted by Gasteiger charge is -2.09. The van der Waals surface area contributed by atoms with Gasteiger partial charge in [-0.1, -0.05) is 18.5 Å². The Morgan fingerprint density at radius 3 is 2.86 bits per heavy atom. The van der Waals surface area contributed by atoms with E-state index >= 15 is 0 Å². The van der Waals surface area contributed by atoms with Crippen LogP contribution in [0, 0.1) is 0 Å². The molecule has 0 amide bonds. The molecule has 2 rings (SSSR count). The molecule has 0 radical (unpaired) electrons. The number of methoxy groups -OCH3 is 1. The fraction of sp³-hybridized carbons (Fsp3) is 0.375. The van der Waals surface area contributed by atoms with Crippen molar-refractivity contribution in [3.05, 3.63) is 35.0 Å². The van der Waals surface area contributed by atoms with E-state index in [0.717, 1.165) is 22.9 Å². The standard InChI is InChI=1S/C16H17Cl2NO2/c1-3-11(17)7-12(20)6-10-9-19-15-5-4-13(21-2)8-14(15)16(10)18/h4-5,8-9,11H,3,6-7H2,1-2H3. The highest BCUT2D eigenvalue weighted by Crippen LogP contribution is 2.29. The van der Waals surface area contributed by atoms with Crippen LogP contribution in [-0.2, 0) is 11.2 Å².